The van der Waals surface area contributed by atoms with Crippen molar-refractivity contribution in [2.45, 2.75) is 162 Å². The zero-order chi connectivity index (χ0) is 50.5. The SMILES string of the molecule is CC(=O)OC[C@@H]1O[C@H](OC[C@@H]2O[C@H](O[C@]3(COC(C)=O)O[C@H](COC(C)=O)[C@@H](OC(C)=O)[C@@H]3OC(C)=O)[C@@H](OC(C)=O)[C@H](OC(C)=O)[C@@H]2OC(C)=O)[C@@H](OC(C)=O)[C@H](OC(C)=O)[C@H]1OC(C)=O. The second-order valence-electron chi connectivity index (χ2n) is 14.9. The van der Waals surface area contributed by atoms with Crippen LogP contribution in [0, 0.1) is 0 Å². The molecule has 14 atom stereocenters. The first-order valence-electron chi connectivity index (χ1n) is 20.3. The minimum Gasteiger partial charge on any atom is -0.463 e. The van der Waals surface area contributed by atoms with Crippen molar-refractivity contribution in [3.8, 4) is 0 Å². The van der Waals surface area contributed by atoms with Gasteiger partial charge in [0.1, 0.15) is 38.1 Å². The Kier molecular flexibility index (Phi) is 20.3. The molecular formula is C40H54O27. The third-order valence-corrected chi connectivity index (χ3v) is 9.16. The van der Waals surface area contributed by atoms with Crippen LogP contribution in [0.1, 0.15) is 76.2 Å². The smallest absolute Gasteiger partial charge is 0.303 e. The summed E-state index contributed by atoms with van der Waals surface area (Å²) in [5.41, 5.74) is 0. The Morgan fingerprint density at radius 1 is 0.358 bits per heavy atom. The third kappa shape index (κ3) is 16.4. The molecule has 0 saturated carbocycles. The highest BCUT2D eigenvalue weighted by molar-refractivity contribution is 5.71. The number of hydrogen-bond acceptors (Lipinski definition) is 27. The lowest BCUT2D eigenvalue weighted by molar-refractivity contribution is -0.388. The van der Waals surface area contributed by atoms with Gasteiger partial charge < -0.3 is 75.8 Å². The first-order valence-corrected chi connectivity index (χ1v) is 20.3. The molecule has 0 radical (unpaired) electrons. The van der Waals surface area contributed by atoms with Gasteiger partial charge in [0.05, 0.1) is 6.61 Å². The second kappa shape index (κ2) is 24.7. The van der Waals surface area contributed by atoms with Crippen molar-refractivity contribution in [3.63, 3.8) is 0 Å². The van der Waals surface area contributed by atoms with E-state index in [1.807, 2.05) is 0 Å². The van der Waals surface area contributed by atoms with Gasteiger partial charge >= 0.3 is 65.7 Å². The summed E-state index contributed by atoms with van der Waals surface area (Å²) < 4.78 is 90.3. The maximum atomic E-state index is 12.8. The van der Waals surface area contributed by atoms with Gasteiger partial charge in [0.25, 0.3) is 0 Å². The van der Waals surface area contributed by atoms with Crippen molar-refractivity contribution in [2.75, 3.05) is 26.4 Å². The molecule has 3 aliphatic heterocycles. The lowest BCUT2D eigenvalue weighted by Crippen LogP contribution is -2.66. The van der Waals surface area contributed by atoms with E-state index in [2.05, 4.69) is 0 Å². The fourth-order valence-electron chi connectivity index (χ4n) is 7.07. The van der Waals surface area contributed by atoms with Gasteiger partial charge in [0, 0.05) is 76.2 Å². The van der Waals surface area contributed by atoms with Gasteiger partial charge in [-0.15, -0.1) is 0 Å². The van der Waals surface area contributed by atoms with E-state index >= 15 is 0 Å². The normalized spacial score (nSPS) is 31.1. The van der Waals surface area contributed by atoms with Gasteiger partial charge in [-0.3, -0.25) is 52.7 Å². The molecule has 3 heterocycles. The van der Waals surface area contributed by atoms with E-state index in [-0.39, 0.29) is 0 Å². The molecular weight excluding hydrogens is 912 g/mol. The third-order valence-electron chi connectivity index (χ3n) is 9.16. The highest BCUT2D eigenvalue weighted by atomic mass is 16.8. The Hall–Kier alpha value is -6.03. The summed E-state index contributed by atoms with van der Waals surface area (Å²) in [5, 5.41) is 0. The van der Waals surface area contributed by atoms with Crippen LogP contribution in [0.2, 0.25) is 0 Å². The highest BCUT2D eigenvalue weighted by Crippen LogP contribution is 2.42. The van der Waals surface area contributed by atoms with E-state index in [1.165, 1.54) is 0 Å². The molecule has 3 saturated heterocycles. The first-order chi connectivity index (χ1) is 31.2. The molecule has 0 aromatic rings. The average molecular weight is 967 g/mol. The van der Waals surface area contributed by atoms with Gasteiger partial charge in [-0.25, -0.2) is 0 Å². The number of carbonyl (C=O) groups excluding carboxylic acids is 11. The number of esters is 11. The fraction of sp³-hybridized carbons (Fsp3) is 0.725. The van der Waals surface area contributed by atoms with Crippen LogP contribution in [0.4, 0.5) is 0 Å². The molecule has 0 spiro atoms. The Bertz CT molecular complexity index is 1860. The van der Waals surface area contributed by atoms with Gasteiger partial charge in [0.2, 0.25) is 12.1 Å². The summed E-state index contributed by atoms with van der Waals surface area (Å²) in [6, 6.07) is 0. The van der Waals surface area contributed by atoms with E-state index in [4.69, 9.17) is 75.8 Å². The van der Waals surface area contributed by atoms with E-state index in [9.17, 15) is 52.7 Å². The lowest BCUT2D eigenvalue weighted by Gasteiger charge is -2.47. The molecule has 0 aromatic carbocycles. The van der Waals surface area contributed by atoms with Crippen LogP contribution in [0.5, 0.6) is 0 Å². The van der Waals surface area contributed by atoms with Crippen LogP contribution < -0.4 is 0 Å². The molecule has 0 amide bonds. The van der Waals surface area contributed by atoms with Crippen LogP contribution in [0.25, 0.3) is 0 Å². The monoisotopic (exact) mass is 966 g/mol. The quantitative estimate of drug-likeness (QED) is 0.107. The lowest BCUT2D eigenvalue weighted by atomic mass is 9.97. The minimum absolute atomic E-state index is 0.650. The van der Waals surface area contributed by atoms with Gasteiger partial charge in [0.15, 0.2) is 55.1 Å². The molecule has 0 N–H and O–H groups in total. The van der Waals surface area contributed by atoms with Crippen molar-refractivity contribution < 1.29 is 129 Å². The first kappa shape index (κ1) is 55.3. The average Bonchev–Trinajstić information content (AvgIpc) is 3.44. The molecule has 27 heteroatoms. The summed E-state index contributed by atoms with van der Waals surface area (Å²) in [7, 11) is 0. The molecule has 0 aromatic heterocycles. The molecule has 3 aliphatic rings. The van der Waals surface area contributed by atoms with E-state index in [0.29, 0.717) is 0 Å². The van der Waals surface area contributed by atoms with Crippen molar-refractivity contribution in [2.24, 2.45) is 0 Å². The summed E-state index contributed by atoms with van der Waals surface area (Å²) in [6.07, 6.45) is -23.3. The van der Waals surface area contributed by atoms with Crippen molar-refractivity contribution in [1.82, 2.24) is 0 Å². The van der Waals surface area contributed by atoms with Crippen LogP contribution in [-0.2, 0) is 129 Å². The van der Waals surface area contributed by atoms with Crippen LogP contribution in [-0.4, -0.2) is 178 Å². The summed E-state index contributed by atoms with van der Waals surface area (Å²) in [5.74, 6) is -13.3. The Morgan fingerprint density at radius 2 is 0.701 bits per heavy atom. The van der Waals surface area contributed by atoms with E-state index in [0.717, 1.165) is 76.2 Å². The number of ether oxygens (including phenoxy) is 16. The molecule has 0 bridgehead atoms. The van der Waals surface area contributed by atoms with E-state index in [1.54, 1.807) is 0 Å². The van der Waals surface area contributed by atoms with Gasteiger partial charge in [-0.05, 0) is 0 Å². The predicted octanol–water partition coefficient (Wildman–Crippen LogP) is -1.29. The second-order valence-corrected chi connectivity index (χ2v) is 14.9. The standard InChI is InChI=1S/C40H54O27/c1-16(41)52-12-27-30(56-19(4)44)33(59-22(7)47)35(61-24(9)49)38(64-27)54-13-28-31(57-20(5)45)34(60-23(8)48)36(62-25(10)50)39(65-28)67-40(15-55-18(3)43)37(63-26(11)51)32(58-21(6)46)29(66-40)14-53-17(2)42/h27-39H,12-15H2,1-11H3/t27-,28-,29+,30-,31+,32+,33+,34+,35-,36-,37-,38-,39+,40-/m0/s1. The van der Waals surface area contributed by atoms with Gasteiger partial charge in [-0.2, -0.15) is 0 Å². The summed E-state index contributed by atoms with van der Waals surface area (Å²) in [6.45, 7) is 7.51. The van der Waals surface area contributed by atoms with Crippen molar-refractivity contribution >= 4 is 65.7 Å². The Balaban J connectivity index is 2.28. The molecule has 376 valence electrons. The topological polar surface area (TPSA) is 335 Å². The fourth-order valence-corrected chi connectivity index (χ4v) is 7.07. The van der Waals surface area contributed by atoms with Gasteiger partial charge in [-0.1, -0.05) is 0 Å². The zero-order valence-electron chi connectivity index (χ0n) is 38.4. The highest BCUT2D eigenvalue weighted by Gasteiger charge is 2.65. The molecule has 3 rings (SSSR count). The molecule has 27 nitrogen and oxygen atoms in total. The van der Waals surface area contributed by atoms with Crippen LogP contribution >= 0.6 is 0 Å². The van der Waals surface area contributed by atoms with Crippen LogP contribution in [0.3, 0.4) is 0 Å². The van der Waals surface area contributed by atoms with Crippen molar-refractivity contribution in [3.05, 3.63) is 0 Å². The molecule has 0 unspecified atom stereocenters. The summed E-state index contributed by atoms with van der Waals surface area (Å²) >= 11 is 0. The van der Waals surface area contributed by atoms with Crippen LogP contribution in [0.15, 0.2) is 0 Å². The Labute approximate surface area is 382 Å². The number of carbonyl (C=O) groups is 11. The Morgan fingerprint density at radius 3 is 1.12 bits per heavy atom. The minimum atomic E-state index is -2.66. The number of rotatable bonds is 19. The molecule has 3 fully saturated rings. The molecule has 0 aliphatic carbocycles. The summed E-state index contributed by atoms with van der Waals surface area (Å²) in [4.78, 5) is 137. The van der Waals surface area contributed by atoms with E-state index < -0.39 is 178 Å². The maximum absolute atomic E-state index is 12.8. The largest absolute Gasteiger partial charge is 0.463 e. The maximum Gasteiger partial charge on any atom is 0.303 e. The zero-order valence-corrected chi connectivity index (χ0v) is 38.4. The molecule has 67 heavy (non-hydrogen) atoms. The number of hydrogen-bond donors (Lipinski definition) is 0. The van der Waals surface area contributed by atoms with Crippen molar-refractivity contribution in [1.29, 1.82) is 0 Å². The predicted molar refractivity (Wildman–Crippen MR) is 206 cm³/mol.